The number of amides is 3. The molecular weight excluding hydrogens is 370 g/mol. The molecule has 1 saturated heterocycles. The topological polar surface area (TPSA) is 88.5 Å². The standard InChI is InChI=1S/C21H21N5O3/c1-25-14-16(13-22-25)26-12-11-19(20(26)27)24-21(28)23-15-7-9-18(10-8-15)29-17-5-3-2-4-6-17/h2-10,13-14,19H,11-12H2,1H3,(H2,23,24,28)/t19-/m0/s1. The Labute approximate surface area is 168 Å². The summed E-state index contributed by atoms with van der Waals surface area (Å²) in [4.78, 5) is 26.5. The maximum atomic E-state index is 12.6. The van der Waals surface area contributed by atoms with E-state index in [1.165, 1.54) is 0 Å². The Morgan fingerprint density at radius 2 is 1.83 bits per heavy atom. The summed E-state index contributed by atoms with van der Waals surface area (Å²) in [6.45, 7) is 0.543. The molecule has 3 aromatic rings. The average Bonchev–Trinajstić information content (AvgIpc) is 3.30. The molecule has 0 unspecified atom stereocenters. The second kappa shape index (κ2) is 8.05. The maximum Gasteiger partial charge on any atom is 0.319 e. The van der Waals surface area contributed by atoms with Gasteiger partial charge in [0.2, 0.25) is 5.91 Å². The molecule has 1 fully saturated rings. The highest BCUT2D eigenvalue weighted by Gasteiger charge is 2.34. The maximum absolute atomic E-state index is 12.6. The first kappa shape index (κ1) is 18.5. The van der Waals surface area contributed by atoms with Crippen molar-refractivity contribution < 1.29 is 14.3 Å². The highest BCUT2D eigenvalue weighted by atomic mass is 16.5. The number of anilines is 2. The van der Waals surface area contributed by atoms with Crippen LogP contribution < -0.4 is 20.3 Å². The lowest BCUT2D eigenvalue weighted by molar-refractivity contribution is -0.118. The van der Waals surface area contributed by atoms with E-state index in [0.29, 0.717) is 24.4 Å². The molecule has 1 aliphatic rings. The zero-order valence-electron chi connectivity index (χ0n) is 15.9. The van der Waals surface area contributed by atoms with Crippen molar-refractivity contribution in [2.75, 3.05) is 16.8 Å². The Bertz CT molecular complexity index is 1000. The third-order valence-electron chi connectivity index (χ3n) is 4.60. The number of nitrogens with zero attached hydrogens (tertiary/aromatic N) is 3. The highest BCUT2D eigenvalue weighted by molar-refractivity contribution is 6.02. The van der Waals surface area contributed by atoms with E-state index in [1.54, 1.807) is 53.3 Å². The third kappa shape index (κ3) is 4.37. The van der Waals surface area contributed by atoms with Crippen LogP contribution in [0.1, 0.15) is 6.42 Å². The number of nitrogens with one attached hydrogen (secondary N) is 2. The summed E-state index contributed by atoms with van der Waals surface area (Å²) in [5.74, 6) is 1.27. The van der Waals surface area contributed by atoms with Crippen molar-refractivity contribution in [3.8, 4) is 11.5 Å². The van der Waals surface area contributed by atoms with Gasteiger partial charge < -0.3 is 20.3 Å². The van der Waals surface area contributed by atoms with Crippen molar-refractivity contribution in [3.05, 3.63) is 67.0 Å². The summed E-state index contributed by atoms with van der Waals surface area (Å²) in [5, 5.41) is 9.57. The number of carbonyl (C=O) groups is 2. The summed E-state index contributed by atoms with van der Waals surface area (Å²) in [5.41, 5.74) is 1.34. The summed E-state index contributed by atoms with van der Waals surface area (Å²) >= 11 is 0. The Kier molecular flexibility index (Phi) is 5.15. The number of hydrogen-bond acceptors (Lipinski definition) is 4. The molecule has 29 heavy (non-hydrogen) atoms. The molecule has 0 bridgehead atoms. The van der Waals surface area contributed by atoms with E-state index in [0.717, 1.165) is 11.4 Å². The molecule has 2 aromatic carbocycles. The molecule has 4 rings (SSSR count). The van der Waals surface area contributed by atoms with Gasteiger partial charge in [-0.25, -0.2) is 4.79 Å². The van der Waals surface area contributed by atoms with Gasteiger partial charge in [0.25, 0.3) is 0 Å². The molecule has 8 heteroatoms. The smallest absolute Gasteiger partial charge is 0.319 e. The van der Waals surface area contributed by atoms with Gasteiger partial charge in [-0.15, -0.1) is 0 Å². The second-order valence-electron chi connectivity index (χ2n) is 6.74. The van der Waals surface area contributed by atoms with Crippen molar-refractivity contribution >= 4 is 23.3 Å². The van der Waals surface area contributed by atoms with E-state index < -0.39 is 12.1 Å². The molecule has 1 atom stereocenters. The normalized spacial score (nSPS) is 16.0. The number of carbonyl (C=O) groups excluding carboxylic acids is 2. The number of aryl methyl sites for hydroxylation is 1. The van der Waals surface area contributed by atoms with E-state index >= 15 is 0 Å². The van der Waals surface area contributed by atoms with E-state index in [2.05, 4.69) is 15.7 Å². The van der Waals surface area contributed by atoms with Gasteiger partial charge in [0.15, 0.2) is 0 Å². The van der Waals surface area contributed by atoms with Crippen molar-refractivity contribution in [2.24, 2.45) is 7.05 Å². The second-order valence-corrected chi connectivity index (χ2v) is 6.74. The van der Waals surface area contributed by atoms with Crippen molar-refractivity contribution in [2.45, 2.75) is 12.5 Å². The number of aromatic nitrogens is 2. The first-order valence-electron chi connectivity index (χ1n) is 9.29. The van der Waals surface area contributed by atoms with Gasteiger partial charge in [0, 0.05) is 25.5 Å². The molecule has 0 radical (unpaired) electrons. The average molecular weight is 391 g/mol. The monoisotopic (exact) mass is 391 g/mol. The molecule has 3 amide bonds. The largest absolute Gasteiger partial charge is 0.457 e. The number of rotatable bonds is 5. The van der Waals surface area contributed by atoms with Crippen LogP contribution in [0.25, 0.3) is 0 Å². The van der Waals surface area contributed by atoms with Gasteiger partial charge in [-0.1, -0.05) is 18.2 Å². The molecule has 0 spiro atoms. The fraction of sp³-hybridized carbons (Fsp3) is 0.190. The van der Waals surface area contributed by atoms with Crippen LogP contribution in [-0.2, 0) is 11.8 Å². The Balaban J connectivity index is 1.31. The Morgan fingerprint density at radius 3 is 2.52 bits per heavy atom. The lowest BCUT2D eigenvalue weighted by Crippen LogP contribution is -2.43. The number of benzene rings is 2. The lowest BCUT2D eigenvalue weighted by atomic mass is 10.2. The number of para-hydroxylation sites is 1. The first-order chi connectivity index (χ1) is 14.1. The third-order valence-corrected chi connectivity index (χ3v) is 4.60. The fourth-order valence-corrected chi connectivity index (χ4v) is 3.17. The molecule has 1 aromatic heterocycles. The molecule has 8 nitrogen and oxygen atoms in total. The van der Waals surface area contributed by atoms with E-state index in [1.807, 2.05) is 30.3 Å². The zero-order valence-corrected chi connectivity index (χ0v) is 15.9. The Morgan fingerprint density at radius 1 is 1.10 bits per heavy atom. The van der Waals surface area contributed by atoms with Crippen molar-refractivity contribution in [1.29, 1.82) is 0 Å². The van der Waals surface area contributed by atoms with Crippen molar-refractivity contribution in [3.63, 3.8) is 0 Å². The predicted octanol–water partition coefficient (Wildman–Crippen LogP) is 3.14. The van der Waals surface area contributed by atoms with E-state index in [9.17, 15) is 9.59 Å². The molecule has 148 valence electrons. The van der Waals surface area contributed by atoms with Crippen LogP contribution in [0.4, 0.5) is 16.2 Å². The van der Waals surface area contributed by atoms with E-state index in [4.69, 9.17) is 4.74 Å². The first-order valence-corrected chi connectivity index (χ1v) is 9.29. The van der Waals surface area contributed by atoms with Crippen LogP contribution in [0.2, 0.25) is 0 Å². The molecule has 0 aliphatic carbocycles. The lowest BCUT2D eigenvalue weighted by Gasteiger charge is -2.15. The molecule has 2 N–H and O–H groups in total. The Hall–Kier alpha value is -3.81. The predicted molar refractivity (Wildman–Crippen MR) is 109 cm³/mol. The van der Waals surface area contributed by atoms with Gasteiger partial charge in [-0.05, 0) is 42.8 Å². The minimum atomic E-state index is -0.559. The van der Waals surface area contributed by atoms with Gasteiger partial charge in [0.1, 0.15) is 17.5 Å². The summed E-state index contributed by atoms with van der Waals surface area (Å²) < 4.78 is 7.37. The van der Waals surface area contributed by atoms with Crippen LogP contribution in [0.15, 0.2) is 67.0 Å². The minimum Gasteiger partial charge on any atom is -0.457 e. The van der Waals surface area contributed by atoms with Gasteiger partial charge in [-0.3, -0.25) is 9.48 Å². The van der Waals surface area contributed by atoms with Gasteiger partial charge in [0.05, 0.1) is 11.9 Å². The van der Waals surface area contributed by atoms with Crippen molar-refractivity contribution in [1.82, 2.24) is 15.1 Å². The van der Waals surface area contributed by atoms with Gasteiger partial charge >= 0.3 is 6.03 Å². The zero-order chi connectivity index (χ0) is 20.2. The molecule has 2 heterocycles. The summed E-state index contributed by atoms with van der Waals surface area (Å²) in [7, 11) is 1.80. The highest BCUT2D eigenvalue weighted by Crippen LogP contribution is 2.23. The van der Waals surface area contributed by atoms with Crippen LogP contribution >= 0.6 is 0 Å². The summed E-state index contributed by atoms with van der Waals surface area (Å²) in [6.07, 6.45) is 3.96. The fourth-order valence-electron chi connectivity index (χ4n) is 3.17. The minimum absolute atomic E-state index is 0.139. The molecule has 1 aliphatic heterocycles. The number of ether oxygens (including phenoxy) is 1. The summed E-state index contributed by atoms with van der Waals surface area (Å²) in [6, 6.07) is 15.5. The number of urea groups is 1. The van der Waals surface area contributed by atoms with Crippen LogP contribution in [0.3, 0.4) is 0 Å². The quantitative estimate of drug-likeness (QED) is 0.699. The molecular formula is C21H21N5O3. The van der Waals surface area contributed by atoms with Crippen LogP contribution in [-0.4, -0.2) is 34.3 Å². The number of hydrogen-bond donors (Lipinski definition) is 2. The SMILES string of the molecule is Cn1cc(N2CC[C@H](NC(=O)Nc3ccc(Oc4ccccc4)cc3)C2=O)cn1. The van der Waals surface area contributed by atoms with E-state index in [-0.39, 0.29) is 5.91 Å². The van der Waals surface area contributed by atoms with Gasteiger partial charge in [-0.2, -0.15) is 5.10 Å². The van der Waals surface area contributed by atoms with Crippen LogP contribution in [0.5, 0.6) is 11.5 Å². The molecule has 0 saturated carbocycles. The van der Waals surface area contributed by atoms with Crippen LogP contribution in [0, 0.1) is 0 Å².